The van der Waals surface area contributed by atoms with Crippen LogP contribution in [0.4, 0.5) is 18.0 Å². The fraction of sp³-hybridized carbons (Fsp3) is 0.500. The summed E-state index contributed by atoms with van der Waals surface area (Å²) < 4.78 is 43.1. The first-order valence-corrected chi connectivity index (χ1v) is 6.69. The molecule has 1 heterocycles. The van der Waals surface area contributed by atoms with Crippen LogP contribution >= 0.6 is 0 Å². The Bertz CT molecular complexity index is 465. The molecule has 0 spiro atoms. The molecule has 116 valence electrons. The Morgan fingerprint density at radius 1 is 1.29 bits per heavy atom. The lowest BCUT2D eigenvalue weighted by Crippen LogP contribution is -2.37. The van der Waals surface area contributed by atoms with Crippen LogP contribution in [0.5, 0.6) is 0 Å². The third-order valence-electron chi connectivity index (χ3n) is 3.48. The van der Waals surface area contributed by atoms with E-state index < -0.39 is 24.1 Å². The van der Waals surface area contributed by atoms with Gasteiger partial charge in [-0.05, 0) is 5.56 Å². The van der Waals surface area contributed by atoms with Crippen molar-refractivity contribution in [2.24, 2.45) is 11.8 Å². The summed E-state index contributed by atoms with van der Waals surface area (Å²) in [6.07, 6.45) is -4.95. The molecule has 0 radical (unpaired) electrons. The summed E-state index contributed by atoms with van der Waals surface area (Å²) in [6.45, 7) is 0.182. The van der Waals surface area contributed by atoms with Crippen molar-refractivity contribution in [1.29, 1.82) is 0 Å². The minimum atomic E-state index is -4.25. The van der Waals surface area contributed by atoms with Gasteiger partial charge in [0.2, 0.25) is 0 Å². The fourth-order valence-corrected chi connectivity index (χ4v) is 2.32. The molecule has 1 aliphatic rings. The number of alkyl halides is 3. The zero-order chi connectivity index (χ0) is 15.3. The van der Waals surface area contributed by atoms with Gasteiger partial charge in [0.1, 0.15) is 6.61 Å². The normalized spacial score (nSPS) is 22.0. The number of ether oxygens (including phenoxy) is 1. The molecule has 1 aliphatic heterocycles. The van der Waals surface area contributed by atoms with Gasteiger partial charge in [0.25, 0.3) is 0 Å². The first-order valence-electron chi connectivity index (χ1n) is 6.69. The Labute approximate surface area is 120 Å². The lowest BCUT2D eigenvalue weighted by molar-refractivity contribution is -0.178. The Morgan fingerprint density at radius 2 is 2.00 bits per heavy atom. The number of nitrogens with one attached hydrogen (secondary N) is 2. The number of halogens is 3. The monoisotopic (exact) mass is 302 g/mol. The summed E-state index contributed by atoms with van der Waals surface area (Å²) in [5.74, 6) is -2.08. The number of alkyl carbamates (subject to hydrolysis) is 1. The van der Waals surface area contributed by atoms with E-state index in [1.807, 2.05) is 18.2 Å². The van der Waals surface area contributed by atoms with E-state index in [1.165, 1.54) is 0 Å². The molecule has 2 rings (SSSR count). The van der Waals surface area contributed by atoms with Crippen LogP contribution in [0, 0.1) is 11.8 Å². The number of amides is 1. The predicted molar refractivity (Wildman–Crippen MR) is 70.5 cm³/mol. The number of rotatable bonds is 4. The van der Waals surface area contributed by atoms with E-state index in [2.05, 4.69) is 10.6 Å². The van der Waals surface area contributed by atoms with Gasteiger partial charge in [-0.15, -0.1) is 0 Å². The predicted octanol–water partition coefficient (Wildman–Crippen LogP) is 2.31. The number of carbonyl (C=O) groups is 1. The third-order valence-corrected chi connectivity index (χ3v) is 3.48. The maximum Gasteiger partial charge on any atom is 0.407 e. The zero-order valence-corrected chi connectivity index (χ0v) is 11.3. The van der Waals surface area contributed by atoms with Gasteiger partial charge < -0.3 is 15.4 Å². The zero-order valence-electron chi connectivity index (χ0n) is 11.3. The largest absolute Gasteiger partial charge is 0.445 e. The second-order valence-electron chi connectivity index (χ2n) is 5.01. The van der Waals surface area contributed by atoms with Crippen molar-refractivity contribution in [2.45, 2.75) is 12.8 Å². The SMILES string of the molecule is O=C(NC[C@@H]1CNC[C@H]1C(F)(F)F)OCc1ccccc1. The van der Waals surface area contributed by atoms with Crippen LogP contribution in [0.15, 0.2) is 30.3 Å². The summed E-state index contributed by atoms with van der Waals surface area (Å²) in [6, 6.07) is 9.07. The molecule has 0 unspecified atom stereocenters. The highest BCUT2D eigenvalue weighted by molar-refractivity contribution is 5.67. The standard InChI is InChI=1S/C14H17F3N2O2/c15-14(16,17)12-8-18-6-11(12)7-19-13(20)21-9-10-4-2-1-3-5-10/h1-5,11-12,18H,6-9H2,(H,19,20)/t11-,12+/m0/s1. The molecule has 2 N–H and O–H groups in total. The van der Waals surface area contributed by atoms with E-state index in [0.717, 1.165) is 5.56 Å². The molecule has 0 saturated carbocycles. The van der Waals surface area contributed by atoms with Gasteiger partial charge >= 0.3 is 12.3 Å². The molecule has 21 heavy (non-hydrogen) atoms. The number of hydrogen-bond donors (Lipinski definition) is 2. The van der Waals surface area contributed by atoms with E-state index in [-0.39, 0.29) is 26.2 Å². The van der Waals surface area contributed by atoms with Crippen molar-refractivity contribution in [3.8, 4) is 0 Å². The Kier molecular flexibility index (Phi) is 5.06. The second kappa shape index (κ2) is 6.80. The minimum absolute atomic E-state index is 0.0508. The molecule has 1 aromatic carbocycles. The van der Waals surface area contributed by atoms with Crippen LogP contribution in [-0.4, -0.2) is 31.9 Å². The van der Waals surface area contributed by atoms with Gasteiger partial charge in [-0.25, -0.2) is 4.79 Å². The van der Waals surface area contributed by atoms with Crippen LogP contribution in [0.2, 0.25) is 0 Å². The Balaban J connectivity index is 1.74. The number of carbonyl (C=O) groups excluding carboxylic acids is 1. The molecule has 1 aromatic rings. The lowest BCUT2D eigenvalue weighted by Gasteiger charge is -2.21. The van der Waals surface area contributed by atoms with Gasteiger partial charge in [0.15, 0.2) is 0 Å². The van der Waals surface area contributed by atoms with Gasteiger partial charge in [0.05, 0.1) is 5.92 Å². The smallest absolute Gasteiger partial charge is 0.407 e. The molecule has 1 fully saturated rings. The van der Waals surface area contributed by atoms with Gasteiger partial charge in [-0.3, -0.25) is 0 Å². The van der Waals surface area contributed by atoms with Crippen molar-refractivity contribution in [1.82, 2.24) is 10.6 Å². The highest BCUT2D eigenvalue weighted by Crippen LogP contribution is 2.33. The molecule has 7 heteroatoms. The molecule has 0 aliphatic carbocycles. The van der Waals surface area contributed by atoms with Crippen molar-refractivity contribution >= 4 is 6.09 Å². The summed E-state index contributed by atoms with van der Waals surface area (Å²) >= 11 is 0. The first kappa shape index (κ1) is 15.6. The molecule has 0 bridgehead atoms. The molecular formula is C14H17F3N2O2. The van der Waals surface area contributed by atoms with Gasteiger partial charge in [-0.1, -0.05) is 30.3 Å². The third kappa shape index (κ3) is 4.63. The Hall–Kier alpha value is -1.76. The minimum Gasteiger partial charge on any atom is -0.445 e. The van der Waals surface area contributed by atoms with E-state index in [4.69, 9.17) is 4.74 Å². The molecule has 1 amide bonds. The molecule has 2 atom stereocenters. The molecule has 0 aromatic heterocycles. The van der Waals surface area contributed by atoms with Crippen LogP contribution in [0.1, 0.15) is 5.56 Å². The van der Waals surface area contributed by atoms with Gasteiger partial charge in [0, 0.05) is 25.6 Å². The lowest BCUT2D eigenvalue weighted by atomic mass is 9.95. The number of hydrogen-bond acceptors (Lipinski definition) is 3. The van der Waals surface area contributed by atoms with Crippen molar-refractivity contribution in [2.75, 3.05) is 19.6 Å². The quantitative estimate of drug-likeness (QED) is 0.897. The fourth-order valence-electron chi connectivity index (χ4n) is 2.32. The highest BCUT2D eigenvalue weighted by Gasteiger charge is 2.46. The van der Waals surface area contributed by atoms with Gasteiger partial charge in [-0.2, -0.15) is 13.2 Å². The topological polar surface area (TPSA) is 50.4 Å². The van der Waals surface area contributed by atoms with Crippen LogP contribution in [0.25, 0.3) is 0 Å². The number of benzene rings is 1. The van der Waals surface area contributed by atoms with Crippen molar-refractivity contribution in [3.63, 3.8) is 0 Å². The van der Waals surface area contributed by atoms with E-state index in [0.29, 0.717) is 0 Å². The maximum atomic E-state index is 12.7. The average molecular weight is 302 g/mol. The van der Waals surface area contributed by atoms with Crippen LogP contribution < -0.4 is 10.6 Å². The highest BCUT2D eigenvalue weighted by atomic mass is 19.4. The first-order chi connectivity index (χ1) is 9.97. The van der Waals surface area contributed by atoms with E-state index in [9.17, 15) is 18.0 Å². The average Bonchev–Trinajstić information content (AvgIpc) is 2.92. The molecule has 4 nitrogen and oxygen atoms in total. The molecular weight excluding hydrogens is 285 g/mol. The maximum absolute atomic E-state index is 12.7. The van der Waals surface area contributed by atoms with Crippen LogP contribution in [-0.2, 0) is 11.3 Å². The summed E-state index contributed by atoms with van der Waals surface area (Å²) in [4.78, 5) is 11.5. The summed E-state index contributed by atoms with van der Waals surface area (Å²) in [7, 11) is 0. The van der Waals surface area contributed by atoms with Crippen molar-refractivity contribution < 1.29 is 22.7 Å². The summed E-state index contributed by atoms with van der Waals surface area (Å²) in [5.41, 5.74) is 0.823. The molecule has 1 saturated heterocycles. The van der Waals surface area contributed by atoms with Crippen LogP contribution in [0.3, 0.4) is 0 Å². The van der Waals surface area contributed by atoms with E-state index in [1.54, 1.807) is 12.1 Å². The van der Waals surface area contributed by atoms with E-state index >= 15 is 0 Å². The second-order valence-corrected chi connectivity index (χ2v) is 5.01. The Morgan fingerprint density at radius 3 is 2.67 bits per heavy atom. The van der Waals surface area contributed by atoms with Crippen molar-refractivity contribution in [3.05, 3.63) is 35.9 Å². The summed E-state index contributed by atoms with van der Waals surface area (Å²) in [5, 5.41) is 5.09.